The summed E-state index contributed by atoms with van der Waals surface area (Å²) in [7, 11) is 0. The lowest BCUT2D eigenvalue weighted by molar-refractivity contribution is -0.148. The first-order valence-electron chi connectivity index (χ1n) is 7.54. The summed E-state index contributed by atoms with van der Waals surface area (Å²) >= 11 is 0. The van der Waals surface area contributed by atoms with Crippen LogP contribution in [0.25, 0.3) is 0 Å². The number of carbonyl (C=O) groups excluding carboxylic acids is 1. The Hall–Kier alpha value is -2.25. The van der Waals surface area contributed by atoms with Crippen LogP contribution in [0.5, 0.6) is 0 Å². The highest BCUT2D eigenvalue weighted by atomic mass is 19.4. The molecule has 1 rings (SSSR count). The van der Waals surface area contributed by atoms with Gasteiger partial charge in [0.25, 0.3) is 0 Å². The van der Waals surface area contributed by atoms with Gasteiger partial charge in [0.1, 0.15) is 5.60 Å². The van der Waals surface area contributed by atoms with Crippen LogP contribution in [-0.4, -0.2) is 22.8 Å². The average Bonchev–Trinajstić information content (AvgIpc) is 2.41. The lowest BCUT2D eigenvalue weighted by Crippen LogP contribution is -2.44. The molecule has 140 valence electrons. The molecule has 1 atom stereocenters. The number of benzene rings is 1. The summed E-state index contributed by atoms with van der Waals surface area (Å²) < 4.78 is 43.9. The molecule has 0 heterocycles. The van der Waals surface area contributed by atoms with Gasteiger partial charge >= 0.3 is 18.2 Å². The van der Waals surface area contributed by atoms with Gasteiger partial charge in [-0.05, 0) is 52.3 Å². The second-order valence-corrected chi connectivity index (χ2v) is 7.23. The zero-order chi connectivity index (χ0) is 19.6. The van der Waals surface area contributed by atoms with Crippen LogP contribution >= 0.6 is 0 Å². The molecule has 0 aliphatic heterocycles. The molecule has 0 bridgehead atoms. The second-order valence-electron chi connectivity index (χ2n) is 7.23. The van der Waals surface area contributed by atoms with E-state index in [9.17, 15) is 27.9 Å². The van der Waals surface area contributed by atoms with Crippen LogP contribution in [0.2, 0.25) is 0 Å². The minimum Gasteiger partial charge on any atom is -0.481 e. The third-order valence-corrected chi connectivity index (χ3v) is 3.48. The van der Waals surface area contributed by atoms with Crippen LogP contribution in [-0.2, 0) is 15.7 Å². The molecule has 0 aromatic heterocycles. The lowest BCUT2D eigenvalue weighted by atomic mass is 9.80. The maximum Gasteiger partial charge on any atom is 0.416 e. The van der Waals surface area contributed by atoms with Gasteiger partial charge in [-0.25, -0.2) is 4.79 Å². The summed E-state index contributed by atoms with van der Waals surface area (Å²) in [5.41, 5.74) is -3.31. The fourth-order valence-electron chi connectivity index (χ4n) is 2.12. The van der Waals surface area contributed by atoms with Crippen molar-refractivity contribution in [3.05, 3.63) is 35.4 Å². The Morgan fingerprint density at radius 1 is 1.12 bits per heavy atom. The van der Waals surface area contributed by atoms with E-state index in [1.165, 1.54) is 26.0 Å². The van der Waals surface area contributed by atoms with E-state index in [0.29, 0.717) is 0 Å². The molecule has 0 saturated heterocycles. The number of nitrogens with one attached hydrogen (secondary N) is 1. The van der Waals surface area contributed by atoms with Gasteiger partial charge < -0.3 is 15.2 Å². The molecule has 0 saturated carbocycles. The van der Waals surface area contributed by atoms with E-state index in [1.54, 1.807) is 20.8 Å². The van der Waals surface area contributed by atoms with Crippen LogP contribution < -0.4 is 5.32 Å². The normalized spacial score (nSPS) is 13.9. The van der Waals surface area contributed by atoms with Crippen molar-refractivity contribution >= 4 is 12.1 Å². The van der Waals surface area contributed by atoms with Crippen LogP contribution in [0, 0.1) is 5.41 Å². The van der Waals surface area contributed by atoms with Crippen molar-refractivity contribution in [2.45, 2.75) is 52.4 Å². The zero-order valence-corrected chi connectivity index (χ0v) is 14.7. The fraction of sp³-hybridized carbons (Fsp3) is 0.529. The Balaban J connectivity index is 3.29. The van der Waals surface area contributed by atoms with Crippen molar-refractivity contribution in [2.75, 3.05) is 0 Å². The predicted octanol–water partition coefficient (Wildman–Crippen LogP) is 4.38. The topological polar surface area (TPSA) is 75.6 Å². The van der Waals surface area contributed by atoms with E-state index in [4.69, 9.17) is 4.74 Å². The number of alkyl halides is 3. The molecule has 0 fully saturated rings. The van der Waals surface area contributed by atoms with Crippen molar-refractivity contribution in [1.29, 1.82) is 0 Å². The molecule has 1 unspecified atom stereocenters. The van der Waals surface area contributed by atoms with Gasteiger partial charge in [-0.3, -0.25) is 4.79 Å². The minimum atomic E-state index is -4.58. The van der Waals surface area contributed by atoms with E-state index in [-0.39, 0.29) is 5.56 Å². The summed E-state index contributed by atoms with van der Waals surface area (Å²) in [4.78, 5) is 23.6. The number of carboxylic acids is 1. The number of ether oxygens (including phenoxy) is 1. The molecule has 5 nitrogen and oxygen atoms in total. The number of hydrogen-bond acceptors (Lipinski definition) is 3. The number of alkyl carbamates (subject to hydrolysis) is 1. The van der Waals surface area contributed by atoms with Crippen LogP contribution in [0.4, 0.5) is 18.0 Å². The van der Waals surface area contributed by atoms with Gasteiger partial charge in [-0.15, -0.1) is 0 Å². The van der Waals surface area contributed by atoms with E-state index in [0.717, 1.165) is 12.1 Å². The van der Waals surface area contributed by atoms with Gasteiger partial charge in [-0.2, -0.15) is 13.2 Å². The minimum absolute atomic E-state index is 0.0214. The maximum atomic E-state index is 12.9. The number of hydrogen-bond donors (Lipinski definition) is 2. The third kappa shape index (κ3) is 5.65. The van der Waals surface area contributed by atoms with Gasteiger partial charge in [0.05, 0.1) is 17.0 Å². The fourth-order valence-corrected chi connectivity index (χ4v) is 2.12. The number of carbonyl (C=O) groups is 2. The molecule has 0 aliphatic rings. The van der Waals surface area contributed by atoms with Crippen LogP contribution in [0.1, 0.15) is 51.8 Å². The predicted molar refractivity (Wildman–Crippen MR) is 85.0 cm³/mol. The number of amides is 1. The molecule has 0 radical (unpaired) electrons. The molecule has 1 aromatic carbocycles. The first-order chi connectivity index (χ1) is 11.1. The molecular formula is C17H22F3NO4. The maximum absolute atomic E-state index is 12.9. The van der Waals surface area contributed by atoms with Crippen molar-refractivity contribution in [3.63, 3.8) is 0 Å². The van der Waals surface area contributed by atoms with Crippen molar-refractivity contribution < 1.29 is 32.6 Å². The Kier molecular flexibility index (Phi) is 5.77. The number of aliphatic carboxylic acids is 1. The highest BCUT2D eigenvalue weighted by molar-refractivity contribution is 5.77. The van der Waals surface area contributed by atoms with Gasteiger partial charge in [0.15, 0.2) is 0 Å². The summed E-state index contributed by atoms with van der Waals surface area (Å²) in [5, 5.41) is 11.8. The Labute approximate surface area is 144 Å². The number of carboxylic acid groups (broad SMARTS) is 1. The van der Waals surface area contributed by atoms with Crippen molar-refractivity contribution in [2.24, 2.45) is 5.41 Å². The summed E-state index contributed by atoms with van der Waals surface area (Å²) in [6, 6.07) is 2.98. The molecule has 1 amide bonds. The Morgan fingerprint density at radius 2 is 1.68 bits per heavy atom. The molecule has 0 spiro atoms. The lowest BCUT2D eigenvalue weighted by Gasteiger charge is -2.32. The second kappa shape index (κ2) is 6.93. The number of halogens is 3. The Bertz CT molecular complexity index is 648. The highest BCUT2D eigenvalue weighted by Gasteiger charge is 2.41. The molecule has 2 N–H and O–H groups in total. The van der Waals surface area contributed by atoms with Crippen LogP contribution in [0.15, 0.2) is 24.3 Å². The average molecular weight is 361 g/mol. The molecule has 8 heteroatoms. The zero-order valence-electron chi connectivity index (χ0n) is 14.7. The monoisotopic (exact) mass is 361 g/mol. The molecule has 25 heavy (non-hydrogen) atoms. The smallest absolute Gasteiger partial charge is 0.416 e. The van der Waals surface area contributed by atoms with Crippen molar-refractivity contribution in [3.8, 4) is 0 Å². The Morgan fingerprint density at radius 3 is 2.12 bits per heavy atom. The van der Waals surface area contributed by atoms with Gasteiger partial charge in [-0.1, -0.05) is 12.1 Å². The summed E-state index contributed by atoms with van der Waals surface area (Å²) in [5.74, 6) is -1.27. The van der Waals surface area contributed by atoms with E-state index < -0.39 is 40.9 Å². The van der Waals surface area contributed by atoms with Gasteiger partial charge in [0.2, 0.25) is 0 Å². The molecule has 0 aliphatic carbocycles. The summed E-state index contributed by atoms with van der Waals surface area (Å²) in [6.07, 6.45) is -5.50. The quantitative estimate of drug-likeness (QED) is 0.834. The van der Waals surface area contributed by atoms with Crippen LogP contribution in [0.3, 0.4) is 0 Å². The van der Waals surface area contributed by atoms with Gasteiger partial charge in [0, 0.05) is 0 Å². The van der Waals surface area contributed by atoms with Crippen molar-refractivity contribution in [1.82, 2.24) is 5.32 Å². The SMILES string of the molecule is CC(C)(C)OC(=O)NC(c1cccc(C(F)(F)F)c1)C(C)(C)C(=O)O. The number of rotatable bonds is 4. The standard InChI is InChI=1S/C17H22F3NO4/c1-15(2,3)25-14(24)21-12(16(4,5)13(22)23)10-7-6-8-11(9-10)17(18,19)20/h6-9,12H,1-5H3,(H,21,24)(H,22,23). The molecular weight excluding hydrogens is 339 g/mol. The third-order valence-electron chi connectivity index (χ3n) is 3.48. The highest BCUT2D eigenvalue weighted by Crippen LogP contribution is 2.37. The van der Waals surface area contributed by atoms with E-state index >= 15 is 0 Å². The first kappa shape index (κ1) is 20.8. The molecule has 1 aromatic rings. The van der Waals surface area contributed by atoms with E-state index in [1.807, 2.05) is 0 Å². The first-order valence-corrected chi connectivity index (χ1v) is 7.54. The largest absolute Gasteiger partial charge is 0.481 e. The summed E-state index contributed by atoms with van der Waals surface area (Å²) in [6.45, 7) is 7.49. The van der Waals surface area contributed by atoms with E-state index in [2.05, 4.69) is 5.32 Å².